The molecule has 1 saturated heterocycles. The van der Waals surface area contributed by atoms with E-state index in [4.69, 9.17) is 0 Å². The lowest BCUT2D eigenvalue weighted by Gasteiger charge is -2.38. The first-order chi connectivity index (χ1) is 9.56. The monoisotopic (exact) mass is 281 g/mol. The van der Waals surface area contributed by atoms with E-state index in [9.17, 15) is 13.9 Å². The van der Waals surface area contributed by atoms with Crippen LogP contribution in [0, 0.1) is 17.6 Å². The lowest BCUT2D eigenvalue weighted by atomic mass is 9.91. The molecule has 3 atom stereocenters. The molecule has 1 aliphatic heterocycles. The Morgan fingerprint density at radius 3 is 2.85 bits per heavy atom. The summed E-state index contributed by atoms with van der Waals surface area (Å²) in [5, 5.41) is 9.77. The number of benzene rings is 1. The van der Waals surface area contributed by atoms with Crippen LogP contribution in [-0.2, 0) is 6.42 Å². The van der Waals surface area contributed by atoms with Crippen molar-refractivity contribution in [3.63, 3.8) is 0 Å². The maximum absolute atomic E-state index is 13.8. The molecule has 1 aromatic carbocycles. The third-order valence-electron chi connectivity index (χ3n) is 4.83. The number of aliphatic hydroxyl groups is 1. The van der Waals surface area contributed by atoms with Crippen molar-refractivity contribution in [2.45, 2.75) is 44.8 Å². The van der Waals surface area contributed by atoms with Crippen LogP contribution in [0.5, 0.6) is 0 Å². The molecule has 1 fully saturated rings. The summed E-state index contributed by atoms with van der Waals surface area (Å²) in [5.41, 5.74) is 1.49. The molecule has 4 heteroatoms. The van der Waals surface area contributed by atoms with Crippen LogP contribution in [0.25, 0.3) is 0 Å². The number of likely N-dealkylation sites (tertiary alicyclic amines) is 1. The van der Waals surface area contributed by atoms with Crippen molar-refractivity contribution >= 4 is 0 Å². The zero-order chi connectivity index (χ0) is 14.3. The molecule has 0 bridgehead atoms. The smallest absolute Gasteiger partial charge is 0.129 e. The van der Waals surface area contributed by atoms with Gasteiger partial charge in [-0.1, -0.05) is 0 Å². The van der Waals surface area contributed by atoms with E-state index >= 15 is 0 Å². The topological polar surface area (TPSA) is 23.5 Å². The van der Waals surface area contributed by atoms with Gasteiger partial charge in [-0.25, -0.2) is 8.78 Å². The molecule has 0 saturated carbocycles. The quantitative estimate of drug-likeness (QED) is 0.900. The summed E-state index contributed by atoms with van der Waals surface area (Å²) < 4.78 is 27.3. The van der Waals surface area contributed by atoms with Crippen LogP contribution in [0.2, 0.25) is 0 Å². The van der Waals surface area contributed by atoms with Gasteiger partial charge < -0.3 is 5.11 Å². The van der Waals surface area contributed by atoms with Gasteiger partial charge in [0, 0.05) is 18.7 Å². The van der Waals surface area contributed by atoms with Gasteiger partial charge in [0.15, 0.2) is 0 Å². The Morgan fingerprint density at radius 2 is 2.10 bits per heavy atom. The van der Waals surface area contributed by atoms with Gasteiger partial charge >= 0.3 is 0 Å². The number of hydrogen-bond donors (Lipinski definition) is 1. The molecular formula is C16H21F2NO. The minimum atomic E-state index is -0.489. The lowest BCUT2D eigenvalue weighted by molar-refractivity contribution is 0.0437. The van der Waals surface area contributed by atoms with Crippen molar-refractivity contribution in [3.05, 3.63) is 34.9 Å². The highest BCUT2D eigenvalue weighted by Crippen LogP contribution is 2.39. The molecule has 2 aliphatic rings. The van der Waals surface area contributed by atoms with Gasteiger partial charge in [-0.15, -0.1) is 0 Å². The van der Waals surface area contributed by atoms with E-state index < -0.39 is 11.6 Å². The number of piperidine rings is 1. The second-order valence-electron chi connectivity index (χ2n) is 6.15. The molecule has 3 unspecified atom stereocenters. The summed E-state index contributed by atoms with van der Waals surface area (Å²) in [7, 11) is 0. The summed E-state index contributed by atoms with van der Waals surface area (Å²) in [4.78, 5) is 2.30. The van der Waals surface area contributed by atoms with Crippen LogP contribution in [0.1, 0.15) is 43.4 Å². The van der Waals surface area contributed by atoms with Crippen LogP contribution in [0.4, 0.5) is 8.78 Å². The van der Waals surface area contributed by atoms with Crippen LogP contribution in [0.3, 0.4) is 0 Å². The summed E-state index contributed by atoms with van der Waals surface area (Å²) in [6, 6.07) is 2.58. The Bertz CT molecular complexity index is 503. The number of hydrogen-bond acceptors (Lipinski definition) is 2. The SMILES string of the molecule is CC(O)C1CCCN(C2CCc3c(F)cc(F)cc32)C1. The summed E-state index contributed by atoms with van der Waals surface area (Å²) in [6.45, 7) is 3.60. The van der Waals surface area contributed by atoms with E-state index in [2.05, 4.69) is 4.90 Å². The molecule has 3 rings (SSSR count). The largest absolute Gasteiger partial charge is 0.393 e. The predicted octanol–water partition coefficient (Wildman–Crippen LogP) is 3.04. The van der Waals surface area contributed by atoms with Gasteiger partial charge in [-0.05, 0) is 62.3 Å². The zero-order valence-corrected chi connectivity index (χ0v) is 11.8. The summed E-state index contributed by atoms with van der Waals surface area (Å²) >= 11 is 0. The molecule has 0 amide bonds. The van der Waals surface area contributed by atoms with Gasteiger partial charge in [-0.3, -0.25) is 4.90 Å². The van der Waals surface area contributed by atoms with Crippen molar-refractivity contribution in [2.75, 3.05) is 13.1 Å². The number of fused-ring (bicyclic) bond motifs is 1. The molecule has 1 aliphatic carbocycles. The first kappa shape index (κ1) is 14.0. The maximum atomic E-state index is 13.8. The van der Waals surface area contributed by atoms with Crippen molar-refractivity contribution in [3.8, 4) is 0 Å². The molecule has 20 heavy (non-hydrogen) atoms. The Hall–Kier alpha value is -1.00. The molecule has 0 aromatic heterocycles. The van der Waals surface area contributed by atoms with Crippen LogP contribution in [0.15, 0.2) is 12.1 Å². The first-order valence-corrected chi connectivity index (χ1v) is 7.46. The summed E-state index contributed by atoms with van der Waals surface area (Å²) in [6.07, 6.45) is 3.29. The molecule has 1 heterocycles. The number of halogens is 2. The van der Waals surface area contributed by atoms with Crippen LogP contribution >= 0.6 is 0 Å². The van der Waals surface area contributed by atoms with E-state index in [0.29, 0.717) is 12.0 Å². The second kappa shape index (κ2) is 5.41. The summed E-state index contributed by atoms with van der Waals surface area (Å²) in [5.74, 6) is -0.630. The molecule has 0 spiro atoms. The Morgan fingerprint density at radius 1 is 1.30 bits per heavy atom. The molecular weight excluding hydrogens is 260 g/mol. The molecule has 0 radical (unpaired) electrons. The van der Waals surface area contributed by atoms with E-state index in [-0.39, 0.29) is 18.1 Å². The Kier molecular flexibility index (Phi) is 3.78. The van der Waals surface area contributed by atoms with Crippen molar-refractivity contribution < 1.29 is 13.9 Å². The predicted molar refractivity (Wildman–Crippen MR) is 73.4 cm³/mol. The lowest BCUT2D eigenvalue weighted by Crippen LogP contribution is -2.41. The standard InChI is InChI=1S/C16H21F2NO/c1-10(20)11-3-2-6-19(9-11)16-5-4-13-14(16)7-12(17)8-15(13)18/h7-8,10-11,16,20H,2-6,9H2,1H3. The van der Waals surface area contributed by atoms with Crippen molar-refractivity contribution in [2.24, 2.45) is 5.92 Å². The van der Waals surface area contributed by atoms with E-state index in [1.165, 1.54) is 6.07 Å². The normalized spacial score (nSPS) is 28.4. The van der Waals surface area contributed by atoms with Gasteiger partial charge in [0.25, 0.3) is 0 Å². The fourth-order valence-electron chi connectivity index (χ4n) is 3.72. The second-order valence-corrected chi connectivity index (χ2v) is 6.15. The van der Waals surface area contributed by atoms with E-state index in [0.717, 1.165) is 44.0 Å². The first-order valence-electron chi connectivity index (χ1n) is 7.46. The highest BCUT2D eigenvalue weighted by atomic mass is 19.1. The molecule has 1 aromatic rings. The zero-order valence-electron chi connectivity index (χ0n) is 11.8. The van der Waals surface area contributed by atoms with E-state index in [1.807, 2.05) is 6.92 Å². The van der Waals surface area contributed by atoms with Gasteiger partial charge in [-0.2, -0.15) is 0 Å². The average molecular weight is 281 g/mol. The third kappa shape index (κ3) is 2.47. The van der Waals surface area contributed by atoms with Gasteiger partial charge in [0.1, 0.15) is 11.6 Å². The van der Waals surface area contributed by atoms with Crippen molar-refractivity contribution in [1.29, 1.82) is 0 Å². The highest BCUT2D eigenvalue weighted by Gasteiger charge is 2.34. The Balaban J connectivity index is 1.84. The minimum Gasteiger partial charge on any atom is -0.393 e. The van der Waals surface area contributed by atoms with E-state index in [1.54, 1.807) is 0 Å². The number of rotatable bonds is 2. The van der Waals surface area contributed by atoms with Gasteiger partial charge in [0.2, 0.25) is 0 Å². The average Bonchev–Trinajstić information content (AvgIpc) is 2.82. The minimum absolute atomic E-state index is 0.108. The van der Waals surface area contributed by atoms with Crippen LogP contribution in [-0.4, -0.2) is 29.2 Å². The molecule has 2 nitrogen and oxygen atoms in total. The highest BCUT2D eigenvalue weighted by molar-refractivity contribution is 5.36. The van der Waals surface area contributed by atoms with Gasteiger partial charge in [0.05, 0.1) is 6.10 Å². The molecule has 110 valence electrons. The maximum Gasteiger partial charge on any atom is 0.129 e. The fourth-order valence-corrected chi connectivity index (χ4v) is 3.72. The third-order valence-corrected chi connectivity index (χ3v) is 4.83. The Labute approximate surface area is 118 Å². The van der Waals surface area contributed by atoms with Crippen LogP contribution < -0.4 is 0 Å². The number of aliphatic hydroxyl groups excluding tert-OH is 1. The van der Waals surface area contributed by atoms with Crippen molar-refractivity contribution in [1.82, 2.24) is 4.90 Å². The molecule has 1 N–H and O–H groups in total. The number of nitrogens with zero attached hydrogens (tertiary/aromatic N) is 1. The fraction of sp³-hybridized carbons (Fsp3) is 0.625.